The Morgan fingerprint density at radius 3 is 2.83 bits per heavy atom. The van der Waals surface area contributed by atoms with E-state index >= 15 is 0 Å². The van der Waals surface area contributed by atoms with E-state index in [0.717, 1.165) is 12.8 Å². The number of hydrogen-bond acceptors (Lipinski definition) is 3. The molecule has 0 saturated carbocycles. The van der Waals surface area contributed by atoms with E-state index in [0.29, 0.717) is 19.4 Å². The first kappa shape index (κ1) is 18.2. The van der Waals surface area contributed by atoms with Gasteiger partial charge in [-0.3, -0.25) is 0 Å². The summed E-state index contributed by atoms with van der Waals surface area (Å²) in [6.07, 6.45) is 7.17. The van der Waals surface area contributed by atoms with Gasteiger partial charge in [0.1, 0.15) is 0 Å². The topological polar surface area (TPSA) is 38.7 Å². The highest BCUT2D eigenvalue weighted by molar-refractivity contribution is 5.13. The van der Waals surface area contributed by atoms with Crippen LogP contribution in [0.25, 0.3) is 0 Å². The summed E-state index contributed by atoms with van der Waals surface area (Å²) in [4.78, 5) is 0. The normalized spacial score (nSPS) is 25.4. The highest BCUT2D eigenvalue weighted by atomic mass is 16.6. The molecule has 0 amide bonds. The summed E-state index contributed by atoms with van der Waals surface area (Å²) in [7, 11) is 0. The fourth-order valence-corrected chi connectivity index (χ4v) is 3.13. The van der Waals surface area contributed by atoms with Crippen molar-refractivity contribution in [1.29, 1.82) is 0 Å². The number of ether oxygens (including phenoxy) is 2. The van der Waals surface area contributed by atoms with Crippen molar-refractivity contribution in [3.05, 3.63) is 48.6 Å². The van der Waals surface area contributed by atoms with Crippen LogP contribution < -0.4 is 0 Å². The van der Waals surface area contributed by atoms with Crippen LogP contribution >= 0.6 is 0 Å². The van der Waals surface area contributed by atoms with E-state index in [1.807, 2.05) is 24.3 Å². The number of aliphatic hydroxyl groups is 1. The predicted molar refractivity (Wildman–Crippen MR) is 93.3 cm³/mol. The minimum atomic E-state index is -0.410. The largest absolute Gasteiger partial charge is 0.390 e. The molecule has 4 atom stereocenters. The number of rotatable bonds is 10. The quantitative estimate of drug-likeness (QED) is 0.518. The molecule has 1 saturated heterocycles. The van der Waals surface area contributed by atoms with E-state index < -0.39 is 6.10 Å². The highest BCUT2D eigenvalue weighted by Crippen LogP contribution is 2.29. The molecule has 23 heavy (non-hydrogen) atoms. The van der Waals surface area contributed by atoms with Crippen molar-refractivity contribution in [3.63, 3.8) is 0 Å². The molecule has 0 bridgehead atoms. The molecule has 1 aromatic carbocycles. The average molecular weight is 318 g/mol. The van der Waals surface area contributed by atoms with Gasteiger partial charge in [0.15, 0.2) is 0 Å². The Bertz CT molecular complexity index is 445. The zero-order valence-corrected chi connectivity index (χ0v) is 14.2. The minimum absolute atomic E-state index is 0.0180. The van der Waals surface area contributed by atoms with Crippen molar-refractivity contribution >= 4 is 0 Å². The predicted octanol–water partition coefficient (Wildman–Crippen LogP) is 4.25. The Morgan fingerprint density at radius 1 is 1.35 bits per heavy atom. The SMILES string of the molecule is C=CC[C@@H]1O[C@@H]([C@H](CCCCC)OCc2ccccc2)C[C@H]1O. The van der Waals surface area contributed by atoms with Crippen LogP contribution in [-0.4, -0.2) is 29.5 Å². The molecule has 1 aliphatic rings. The Morgan fingerprint density at radius 2 is 2.13 bits per heavy atom. The van der Waals surface area contributed by atoms with Gasteiger partial charge in [0.2, 0.25) is 0 Å². The van der Waals surface area contributed by atoms with Crippen LogP contribution in [-0.2, 0) is 16.1 Å². The van der Waals surface area contributed by atoms with Gasteiger partial charge in [-0.1, -0.05) is 62.6 Å². The van der Waals surface area contributed by atoms with Crippen LogP contribution in [0.15, 0.2) is 43.0 Å². The molecule has 0 radical (unpaired) electrons. The van der Waals surface area contributed by atoms with Gasteiger partial charge in [-0.15, -0.1) is 6.58 Å². The standard InChI is InChI=1S/C20H30O3/c1-3-5-7-13-19(22-15-16-11-8-6-9-12-16)20-14-17(21)18(23-20)10-4-2/h4,6,8-9,11-12,17-21H,2-3,5,7,10,13-15H2,1H3/t17-,18+,19+,20-/m1/s1. The second-order valence-electron chi connectivity index (χ2n) is 6.37. The van der Waals surface area contributed by atoms with Crippen molar-refractivity contribution < 1.29 is 14.6 Å². The van der Waals surface area contributed by atoms with Gasteiger partial charge in [0.05, 0.1) is 31.0 Å². The number of benzene rings is 1. The van der Waals surface area contributed by atoms with Gasteiger partial charge in [0.25, 0.3) is 0 Å². The zero-order valence-electron chi connectivity index (χ0n) is 14.2. The fraction of sp³-hybridized carbons (Fsp3) is 0.600. The van der Waals surface area contributed by atoms with Crippen LogP contribution in [0.3, 0.4) is 0 Å². The summed E-state index contributed by atoms with van der Waals surface area (Å²) < 4.78 is 12.2. The summed E-state index contributed by atoms with van der Waals surface area (Å²) in [5.41, 5.74) is 1.18. The molecule has 1 N–H and O–H groups in total. The molecular formula is C20H30O3. The van der Waals surface area contributed by atoms with Gasteiger partial charge >= 0.3 is 0 Å². The van der Waals surface area contributed by atoms with E-state index in [9.17, 15) is 5.11 Å². The van der Waals surface area contributed by atoms with E-state index in [-0.39, 0.29) is 18.3 Å². The van der Waals surface area contributed by atoms with Crippen molar-refractivity contribution in [2.45, 2.75) is 76.5 Å². The molecule has 1 heterocycles. The van der Waals surface area contributed by atoms with Gasteiger partial charge in [-0.25, -0.2) is 0 Å². The van der Waals surface area contributed by atoms with Crippen molar-refractivity contribution in [1.82, 2.24) is 0 Å². The number of unbranched alkanes of at least 4 members (excludes halogenated alkanes) is 2. The summed E-state index contributed by atoms with van der Waals surface area (Å²) in [6, 6.07) is 10.2. The van der Waals surface area contributed by atoms with E-state index in [2.05, 4.69) is 25.6 Å². The van der Waals surface area contributed by atoms with E-state index in [1.165, 1.54) is 18.4 Å². The minimum Gasteiger partial charge on any atom is -0.390 e. The Balaban J connectivity index is 1.92. The monoisotopic (exact) mass is 318 g/mol. The first-order valence-corrected chi connectivity index (χ1v) is 8.84. The average Bonchev–Trinajstić information content (AvgIpc) is 2.93. The second-order valence-corrected chi connectivity index (χ2v) is 6.37. The van der Waals surface area contributed by atoms with Crippen molar-refractivity contribution in [2.24, 2.45) is 0 Å². The molecule has 128 valence electrons. The summed E-state index contributed by atoms with van der Waals surface area (Å²) in [5, 5.41) is 10.2. The van der Waals surface area contributed by atoms with Crippen LogP contribution in [0.4, 0.5) is 0 Å². The van der Waals surface area contributed by atoms with Gasteiger partial charge in [-0.2, -0.15) is 0 Å². The molecule has 0 unspecified atom stereocenters. The summed E-state index contributed by atoms with van der Waals surface area (Å²) in [5.74, 6) is 0. The third kappa shape index (κ3) is 5.76. The maximum absolute atomic E-state index is 10.2. The van der Waals surface area contributed by atoms with Crippen molar-refractivity contribution in [3.8, 4) is 0 Å². The second kappa shape index (κ2) is 9.86. The number of hydrogen-bond donors (Lipinski definition) is 1. The molecule has 1 aliphatic heterocycles. The van der Waals surface area contributed by atoms with Crippen LogP contribution in [0.1, 0.15) is 51.0 Å². The van der Waals surface area contributed by atoms with Gasteiger partial charge in [0, 0.05) is 6.42 Å². The molecular weight excluding hydrogens is 288 g/mol. The van der Waals surface area contributed by atoms with Gasteiger partial charge in [-0.05, 0) is 18.4 Å². The summed E-state index contributed by atoms with van der Waals surface area (Å²) >= 11 is 0. The lowest BCUT2D eigenvalue weighted by molar-refractivity contribution is -0.0817. The molecule has 1 fully saturated rings. The Labute approximate surface area is 140 Å². The number of aliphatic hydroxyl groups excluding tert-OH is 1. The maximum Gasteiger partial charge on any atom is 0.0874 e. The van der Waals surface area contributed by atoms with Crippen LogP contribution in [0.2, 0.25) is 0 Å². The smallest absolute Gasteiger partial charge is 0.0874 e. The van der Waals surface area contributed by atoms with Crippen molar-refractivity contribution in [2.75, 3.05) is 0 Å². The van der Waals surface area contributed by atoms with Gasteiger partial charge < -0.3 is 14.6 Å². The molecule has 3 nitrogen and oxygen atoms in total. The first-order valence-electron chi connectivity index (χ1n) is 8.84. The molecule has 3 heteroatoms. The third-order valence-electron chi connectivity index (χ3n) is 4.47. The van der Waals surface area contributed by atoms with Crippen LogP contribution in [0, 0.1) is 0 Å². The Hall–Kier alpha value is -1.16. The first-order chi connectivity index (χ1) is 11.2. The van der Waals surface area contributed by atoms with E-state index in [4.69, 9.17) is 9.47 Å². The molecule has 0 spiro atoms. The molecule has 1 aromatic rings. The Kier molecular flexibility index (Phi) is 7.80. The summed E-state index contributed by atoms with van der Waals surface area (Å²) in [6.45, 7) is 6.54. The highest BCUT2D eigenvalue weighted by Gasteiger charge is 2.37. The molecule has 2 rings (SSSR count). The maximum atomic E-state index is 10.2. The lowest BCUT2D eigenvalue weighted by Crippen LogP contribution is -2.29. The van der Waals surface area contributed by atoms with E-state index in [1.54, 1.807) is 0 Å². The fourth-order valence-electron chi connectivity index (χ4n) is 3.13. The third-order valence-corrected chi connectivity index (χ3v) is 4.47. The molecule has 0 aliphatic carbocycles. The van der Waals surface area contributed by atoms with Crippen LogP contribution in [0.5, 0.6) is 0 Å². The molecule has 0 aromatic heterocycles. The lowest BCUT2D eigenvalue weighted by atomic mass is 10.0. The lowest BCUT2D eigenvalue weighted by Gasteiger charge is -2.24. The zero-order chi connectivity index (χ0) is 16.5.